The highest BCUT2D eigenvalue weighted by atomic mass is 35.5. The molecular weight excluding hydrogens is 378 g/mol. The summed E-state index contributed by atoms with van der Waals surface area (Å²) in [5, 5.41) is 2.52. The summed E-state index contributed by atoms with van der Waals surface area (Å²) in [5.74, 6) is -0.0364. The molecule has 3 rings (SSSR count). The average Bonchev–Trinajstić information content (AvgIpc) is 3.05. The molecule has 7 nitrogen and oxygen atoms in total. The van der Waals surface area contributed by atoms with E-state index in [9.17, 15) is 9.59 Å². The van der Waals surface area contributed by atoms with Crippen molar-refractivity contribution in [2.45, 2.75) is 26.7 Å². The number of esters is 2. The zero-order valence-electron chi connectivity index (χ0n) is 14.7. The van der Waals surface area contributed by atoms with Crippen LogP contribution in [0.1, 0.15) is 37.0 Å². The van der Waals surface area contributed by atoms with Crippen LogP contribution in [-0.2, 0) is 14.3 Å². The number of nitrogens with zero attached hydrogens (tertiary/aromatic N) is 3. The highest BCUT2D eigenvalue weighted by Gasteiger charge is 2.29. The second-order valence-corrected chi connectivity index (χ2v) is 7.08. The molecule has 140 valence electrons. The van der Waals surface area contributed by atoms with Gasteiger partial charge >= 0.3 is 11.9 Å². The normalized spacial score (nSPS) is 15.3. The number of thiophene rings is 1. The Morgan fingerprint density at radius 2 is 1.92 bits per heavy atom. The first-order valence-corrected chi connectivity index (χ1v) is 9.84. The number of piperidine rings is 1. The van der Waals surface area contributed by atoms with Gasteiger partial charge < -0.3 is 14.4 Å². The van der Waals surface area contributed by atoms with Crippen LogP contribution in [0.4, 0.5) is 5.82 Å². The third-order valence-electron chi connectivity index (χ3n) is 4.30. The minimum atomic E-state index is -0.396. The highest BCUT2D eigenvalue weighted by molar-refractivity contribution is 7.17. The molecule has 0 spiro atoms. The van der Waals surface area contributed by atoms with E-state index in [0.717, 1.165) is 0 Å². The lowest BCUT2D eigenvalue weighted by molar-refractivity contribution is -0.148. The lowest BCUT2D eigenvalue weighted by atomic mass is 9.97. The van der Waals surface area contributed by atoms with Crippen molar-refractivity contribution in [3.8, 4) is 0 Å². The maximum absolute atomic E-state index is 12.3. The molecule has 0 unspecified atom stereocenters. The number of halogens is 1. The molecule has 26 heavy (non-hydrogen) atoms. The second kappa shape index (κ2) is 8.18. The Morgan fingerprint density at radius 3 is 2.58 bits per heavy atom. The maximum atomic E-state index is 12.3. The molecule has 2 aromatic rings. The Balaban J connectivity index is 1.89. The van der Waals surface area contributed by atoms with Gasteiger partial charge in [0.15, 0.2) is 0 Å². The summed E-state index contributed by atoms with van der Waals surface area (Å²) >= 11 is 7.42. The average molecular weight is 398 g/mol. The molecule has 1 aliphatic heterocycles. The molecule has 2 aromatic heterocycles. The number of rotatable bonds is 5. The van der Waals surface area contributed by atoms with Crippen molar-refractivity contribution in [1.29, 1.82) is 0 Å². The van der Waals surface area contributed by atoms with E-state index in [1.807, 2.05) is 4.90 Å². The molecule has 0 saturated carbocycles. The minimum Gasteiger partial charge on any atom is -0.466 e. The Morgan fingerprint density at radius 1 is 1.23 bits per heavy atom. The first-order valence-electron chi connectivity index (χ1n) is 8.58. The lowest BCUT2D eigenvalue weighted by Gasteiger charge is -2.32. The molecule has 0 bridgehead atoms. The molecular formula is C17H20ClN3O4S. The lowest BCUT2D eigenvalue weighted by Crippen LogP contribution is -2.37. The summed E-state index contributed by atoms with van der Waals surface area (Å²) in [4.78, 5) is 35.5. The van der Waals surface area contributed by atoms with Crippen LogP contribution < -0.4 is 4.90 Å². The summed E-state index contributed by atoms with van der Waals surface area (Å²) in [5.41, 5.74) is 0.450. The number of fused-ring (bicyclic) bond motifs is 1. The van der Waals surface area contributed by atoms with Crippen molar-refractivity contribution >= 4 is 50.9 Å². The van der Waals surface area contributed by atoms with E-state index in [0.29, 0.717) is 60.7 Å². The topological polar surface area (TPSA) is 81.6 Å². The Hall–Kier alpha value is -1.93. The van der Waals surface area contributed by atoms with Crippen LogP contribution in [0.15, 0.2) is 5.38 Å². The zero-order chi connectivity index (χ0) is 18.7. The van der Waals surface area contributed by atoms with Crippen molar-refractivity contribution in [1.82, 2.24) is 9.97 Å². The molecule has 1 fully saturated rings. The number of hydrogen-bond donors (Lipinski definition) is 0. The predicted octanol–water partition coefficient (Wildman–Crippen LogP) is 3.30. The molecule has 0 radical (unpaired) electrons. The smallest absolute Gasteiger partial charge is 0.339 e. The number of carbonyl (C=O) groups excluding carboxylic acids is 2. The van der Waals surface area contributed by atoms with Gasteiger partial charge in [-0.2, -0.15) is 4.98 Å². The number of carbonyl (C=O) groups is 2. The first-order chi connectivity index (χ1) is 12.5. The molecule has 0 aliphatic carbocycles. The predicted molar refractivity (Wildman–Crippen MR) is 100.0 cm³/mol. The SMILES string of the molecule is CCOC(=O)c1csc2nc(Cl)nc(N3CCC(C(=O)OCC)CC3)c12. The van der Waals surface area contributed by atoms with Crippen LogP contribution in [0.2, 0.25) is 5.28 Å². The fourth-order valence-corrected chi connectivity index (χ4v) is 4.19. The molecule has 1 aliphatic rings. The molecule has 0 atom stereocenters. The van der Waals surface area contributed by atoms with Crippen molar-refractivity contribution in [2.75, 3.05) is 31.2 Å². The molecule has 0 amide bonds. The van der Waals surface area contributed by atoms with Gasteiger partial charge in [0.1, 0.15) is 10.6 Å². The van der Waals surface area contributed by atoms with Gasteiger partial charge in [0.25, 0.3) is 0 Å². The van der Waals surface area contributed by atoms with E-state index in [-0.39, 0.29) is 17.2 Å². The van der Waals surface area contributed by atoms with Gasteiger partial charge in [-0.1, -0.05) is 0 Å². The van der Waals surface area contributed by atoms with E-state index in [2.05, 4.69) is 9.97 Å². The fourth-order valence-electron chi connectivity index (χ4n) is 3.07. The van der Waals surface area contributed by atoms with E-state index in [1.165, 1.54) is 11.3 Å². The van der Waals surface area contributed by atoms with Crippen LogP contribution in [0, 0.1) is 5.92 Å². The maximum Gasteiger partial charge on any atom is 0.339 e. The summed E-state index contributed by atoms with van der Waals surface area (Å²) in [6.45, 7) is 5.51. The highest BCUT2D eigenvalue weighted by Crippen LogP contribution is 2.35. The van der Waals surface area contributed by atoms with E-state index >= 15 is 0 Å². The van der Waals surface area contributed by atoms with Gasteiger partial charge in [-0.05, 0) is 38.3 Å². The van der Waals surface area contributed by atoms with Crippen molar-refractivity contribution in [2.24, 2.45) is 5.92 Å². The van der Waals surface area contributed by atoms with Gasteiger partial charge in [0, 0.05) is 18.5 Å². The van der Waals surface area contributed by atoms with E-state index < -0.39 is 5.97 Å². The van der Waals surface area contributed by atoms with Crippen LogP contribution in [0.25, 0.3) is 10.2 Å². The van der Waals surface area contributed by atoms with Crippen molar-refractivity contribution in [3.05, 3.63) is 16.2 Å². The Labute approximate surface area is 160 Å². The molecule has 0 N–H and O–H groups in total. The van der Waals surface area contributed by atoms with Crippen molar-refractivity contribution in [3.63, 3.8) is 0 Å². The standard InChI is InChI=1S/C17H20ClN3O4S/c1-3-24-15(22)10-5-7-21(8-6-10)13-12-11(16(23)25-4-2)9-26-14(12)20-17(18)19-13/h9-10H,3-8H2,1-2H3. The summed E-state index contributed by atoms with van der Waals surface area (Å²) in [7, 11) is 0. The number of anilines is 1. The van der Waals surface area contributed by atoms with E-state index in [4.69, 9.17) is 21.1 Å². The molecule has 1 saturated heterocycles. The van der Waals surface area contributed by atoms with E-state index in [1.54, 1.807) is 19.2 Å². The van der Waals surface area contributed by atoms with Gasteiger partial charge in [0.2, 0.25) is 5.28 Å². The van der Waals surface area contributed by atoms with Crippen LogP contribution >= 0.6 is 22.9 Å². The molecule has 3 heterocycles. The van der Waals surface area contributed by atoms with Gasteiger partial charge in [-0.25, -0.2) is 9.78 Å². The Kier molecular flexibility index (Phi) is 5.93. The monoisotopic (exact) mass is 397 g/mol. The summed E-state index contributed by atoms with van der Waals surface area (Å²) in [6, 6.07) is 0. The third-order valence-corrected chi connectivity index (χ3v) is 5.34. The van der Waals surface area contributed by atoms with Gasteiger partial charge in [0.05, 0.1) is 30.1 Å². The number of ether oxygens (including phenoxy) is 2. The second-order valence-electron chi connectivity index (χ2n) is 5.88. The minimum absolute atomic E-state index is 0.106. The quantitative estimate of drug-likeness (QED) is 0.565. The van der Waals surface area contributed by atoms with Gasteiger partial charge in [-0.15, -0.1) is 11.3 Å². The number of hydrogen-bond acceptors (Lipinski definition) is 8. The third kappa shape index (κ3) is 3.76. The van der Waals surface area contributed by atoms with Gasteiger partial charge in [-0.3, -0.25) is 4.79 Å². The largest absolute Gasteiger partial charge is 0.466 e. The fraction of sp³-hybridized carbons (Fsp3) is 0.529. The Bertz CT molecular complexity index is 818. The molecule has 9 heteroatoms. The first kappa shape index (κ1) is 18.8. The summed E-state index contributed by atoms with van der Waals surface area (Å²) < 4.78 is 10.3. The van der Waals surface area contributed by atoms with Crippen molar-refractivity contribution < 1.29 is 19.1 Å². The van der Waals surface area contributed by atoms with Crippen LogP contribution in [-0.4, -0.2) is 48.2 Å². The summed E-state index contributed by atoms with van der Waals surface area (Å²) in [6.07, 6.45) is 1.33. The van der Waals surface area contributed by atoms with Crippen LogP contribution in [0.3, 0.4) is 0 Å². The number of aromatic nitrogens is 2. The van der Waals surface area contributed by atoms with Crippen LogP contribution in [0.5, 0.6) is 0 Å². The molecule has 0 aromatic carbocycles. The zero-order valence-corrected chi connectivity index (χ0v) is 16.2.